The van der Waals surface area contributed by atoms with Crippen LogP contribution in [0.15, 0.2) is 17.5 Å². The van der Waals surface area contributed by atoms with Crippen molar-refractivity contribution in [3.63, 3.8) is 0 Å². The van der Waals surface area contributed by atoms with Gasteiger partial charge in [0.05, 0.1) is 12.0 Å². The summed E-state index contributed by atoms with van der Waals surface area (Å²) in [6.45, 7) is 7.32. The quantitative estimate of drug-likeness (QED) is 0.890. The second-order valence-corrected chi connectivity index (χ2v) is 8.49. The van der Waals surface area contributed by atoms with Crippen molar-refractivity contribution in [3.8, 4) is 0 Å². The Balaban J connectivity index is 1.60. The first kappa shape index (κ1) is 18.2. The summed E-state index contributed by atoms with van der Waals surface area (Å²) in [6.07, 6.45) is 3.97. The second kappa shape index (κ2) is 8.21. The van der Waals surface area contributed by atoms with Crippen LogP contribution < -0.4 is 5.32 Å². The molecule has 0 bridgehead atoms. The lowest BCUT2D eigenvalue weighted by molar-refractivity contribution is -0.127. The number of nitrogens with zero attached hydrogens (tertiary/aromatic N) is 2. The molecular weight excluding hydrogens is 334 g/mol. The van der Waals surface area contributed by atoms with Gasteiger partial charge in [-0.2, -0.15) is 0 Å². The normalized spacial score (nSPS) is 22.3. The van der Waals surface area contributed by atoms with Gasteiger partial charge in [0.1, 0.15) is 0 Å². The van der Waals surface area contributed by atoms with Crippen molar-refractivity contribution >= 4 is 23.3 Å². The van der Waals surface area contributed by atoms with Gasteiger partial charge in [-0.15, -0.1) is 11.3 Å². The molecule has 3 amide bonds. The summed E-state index contributed by atoms with van der Waals surface area (Å²) in [4.78, 5) is 30.5. The molecule has 138 valence electrons. The number of hydrogen-bond acceptors (Lipinski definition) is 3. The molecule has 0 aliphatic carbocycles. The molecule has 5 nitrogen and oxygen atoms in total. The number of likely N-dealkylation sites (tertiary alicyclic amines) is 2. The number of piperidine rings is 1. The highest BCUT2D eigenvalue weighted by Gasteiger charge is 2.32. The zero-order valence-corrected chi connectivity index (χ0v) is 16.1. The van der Waals surface area contributed by atoms with Crippen LogP contribution in [0.5, 0.6) is 0 Å². The first-order valence-electron chi connectivity index (χ1n) is 9.44. The van der Waals surface area contributed by atoms with E-state index in [1.54, 1.807) is 11.3 Å². The van der Waals surface area contributed by atoms with Crippen LogP contribution >= 0.6 is 11.3 Å². The van der Waals surface area contributed by atoms with Crippen LogP contribution in [-0.2, 0) is 4.79 Å². The van der Waals surface area contributed by atoms with Gasteiger partial charge in [-0.1, -0.05) is 19.9 Å². The number of urea groups is 1. The van der Waals surface area contributed by atoms with Gasteiger partial charge in [0.15, 0.2) is 0 Å². The molecule has 1 N–H and O–H groups in total. The van der Waals surface area contributed by atoms with Crippen molar-refractivity contribution in [1.29, 1.82) is 0 Å². The van der Waals surface area contributed by atoms with Crippen LogP contribution in [0.3, 0.4) is 0 Å². The molecule has 1 aromatic heterocycles. The Bertz CT molecular complexity index is 581. The molecule has 2 atom stereocenters. The first-order valence-corrected chi connectivity index (χ1v) is 10.3. The highest BCUT2D eigenvalue weighted by Crippen LogP contribution is 2.27. The van der Waals surface area contributed by atoms with Crippen LogP contribution in [0, 0.1) is 11.8 Å². The number of amides is 3. The molecule has 2 aliphatic rings. The second-order valence-electron chi connectivity index (χ2n) is 7.51. The predicted molar refractivity (Wildman–Crippen MR) is 101 cm³/mol. The molecule has 0 saturated carbocycles. The summed E-state index contributed by atoms with van der Waals surface area (Å²) in [5.41, 5.74) is 0. The van der Waals surface area contributed by atoms with E-state index in [0.29, 0.717) is 12.5 Å². The van der Waals surface area contributed by atoms with Crippen LogP contribution in [-0.4, -0.2) is 47.9 Å². The molecule has 6 heteroatoms. The Morgan fingerprint density at radius 1 is 1.16 bits per heavy atom. The number of carbonyl (C=O) groups is 2. The van der Waals surface area contributed by atoms with Gasteiger partial charge in [-0.05, 0) is 43.0 Å². The predicted octanol–water partition coefficient (Wildman–Crippen LogP) is 3.49. The van der Waals surface area contributed by atoms with Gasteiger partial charge in [-0.3, -0.25) is 4.79 Å². The summed E-state index contributed by atoms with van der Waals surface area (Å²) in [7, 11) is 0. The molecule has 3 heterocycles. The minimum absolute atomic E-state index is 0.0529. The highest BCUT2D eigenvalue weighted by atomic mass is 32.1. The van der Waals surface area contributed by atoms with Gasteiger partial charge in [0, 0.05) is 31.1 Å². The van der Waals surface area contributed by atoms with E-state index in [4.69, 9.17) is 0 Å². The van der Waals surface area contributed by atoms with Gasteiger partial charge in [0.2, 0.25) is 5.91 Å². The van der Waals surface area contributed by atoms with E-state index in [-0.39, 0.29) is 23.9 Å². The van der Waals surface area contributed by atoms with Crippen molar-refractivity contribution in [1.82, 2.24) is 15.1 Å². The SMILES string of the molecule is CC(C)[C@@H](NC(=O)[C@H]1CCCN(C(=O)N2CCCC2)C1)c1cccs1. The summed E-state index contributed by atoms with van der Waals surface area (Å²) in [5, 5.41) is 5.29. The molecule has 0 radical (unpaired) electrons. The largest absolute Gasteiger partial charge is 0.348 e. The lowest BCUT2D eigenvalue weighted by atomic mass is 9.95. The van der Waals surface area contributed by atoms with E-state index in [1.165, 1.54) is 4.88 Å². The summed E-state index contributed by atoms with van der Waals surface area (Å²) < 4.78 is 0. The Kier molecular flexibility index (Phi) is 5.99. The number of thiophene rings is 1. The minimum Gasteiger partial charge on any atom is -0.348 e. The third kappa shape index (κ3) is 4.35. The van der Waals surface area contributed by atoms with E-state index in [9.17, 15) is 9.59 Å². The van der Waals surface area contributed by atoms with E-state index >= 15 is 0 Å². The molecule has 0 aromatic carbocycles. The third-order valence-electron chi connectivity index (χ3n) is 5.25. The smallest absolute Gasteiger partial charge is 0.320 e. The zero-order chi connectivity index (χ0) is 17.8. The fourth-order valence-corrected chi connectivity index (χ4v) is 4.73. The Hall–Kier alpha value is -1.56. The average molecular weight is 364 g/mol. The van der Waals surface area contributed by atoms with Crippen LogP contribution in [0.25, 0.3) is 0 Å². The van der Waals surface area contributed by atoms with Crippen LogP contribution in [0.4, 0.5) is 4.79 Å². The fraction of sp³-hybridized carbons (Fsp3) is 0.684. The van der Waals surface area contributed by atoms with Crippen LogP contribution in [0.1, 0.15) is 50.4 Å². The van der Waals surface area contributed by atoms with Crippen LogP contribution in [0.2, 0.25) is 0 Å². The molecule has 25 heavy (non-hydrogen) atoms. The van der Waals surface area contributed by atoms with Crippen molar-refractivity contribution in [2.45, 2.75) is 45.6 Å². The van der Waals surface area contributed by atoms with Crippen molar-refractivity contribution in [3.05, 3.63) is 22.4 Å². The average Bonchev–Trinajstić information content (AvgIpc) is 3.32. The number of hydrogen-bond donors (Lipinski definition) is 1. The van der Waals surface area contributed by atoms with Gasteiger partial charge in [0.25, 0.3) is 0 Å². The lowest BCUT2D eigenvalue weighted by Crippen LogP contribution is -2.50. The topological polar surface area (TPSA) is 52.7 Å². The molecule has 2 aliphatic heterocycles. The number of rotatable bonds is 4. The molecule has 1 aromatic rings. The molecule has 0 spiro atoms. The van der Waals surface area contributed by atoms with Crippen molar-refractivity contribution in [2.75, 3.05) is 26.2 Å². The molecule has 0 unspecified atom stereocenters. The van der Waals surface area contributed by atoms with Gasteiger partial charge in [-0.25, -0.2) is 4.79 Å². The molecule has 2 fully saturated rings. The van der Waals surface area contributed by atoms with E-state index in [2.05, 4.69) is 25.2 Å². The molecule has 3 rings (SSSR count). The maximum absolute atomic E-state index is 12.8. The molecule has 2 saturated heterocycles. The first-order chi connectivity index (χ1) is 12.1. The Labute approximate surface area is 154 Å². The number of nitrogens with one attached hydrogen (secondary N) is 1. The van der Waals surface area contributed by atoms with Gasteiger partial charge >= 0.3 is 6.03 Å². The van der Waals surface area contributed by atoms with Gasteiger partial charge < -0.3 is 15.1 Å². The Morgan fingerprint density at radius 3 is 2.52 bits per heavy atom. The monoisotopic (exact) mass is 363 g/mol. The van der Waals surface area contributed by atoms with Crippen molar-refractivity contribution < 1.29 is 9.59 Å². The summed E-state index contributed by atoms with van der Waals surface area (Å²) >= 11 is 1.68. The van der Waals surface area contributed by atoms with E-state index in [0.717, 1.165) is 45.3 Å². The lowest BCUT2D eigenvalue weighted by Gasteiger charge is -2.35. The Morgan fingerprint density at radius 2 is 1.88 bits per heavy atom. The highest BCUT2D eigenvalue weighted by molar-refractivity contribution is 7.10. The maximum Gasteiger partial charge on any atom is 0.320 e. The molecular formula is C19H29N3O2S. The van der Waals surface area contributed by atoms with E-state index in [1.807, 2.05) is 21.2 Å². The summed E-state index contributed by atoms with van der Waals surface area (Å²) in [6, 6.07) is 4.28. The minimum atomic E-state index is -0.0958. The standard InChI is InChI=1S/C19H29N3O2S/c1-14(2)17(16-8-6-12-25-16)20-18(23)15-7-5-11-22(13-15)19(24)21-9-3-4-10-21/h6,8,12,14-15,17H,3-5,7,9-11,13H2,1-2H3,(H,20,23)/t15-,17+/m0/s1. The fourth-order valence-electron chi connectivity index (χ4n) is 3.78. The summed E-state index contributed by atoms with van der Waals surface area (Å²) in [5.74, 6) is 0.334. The van der Waals surface area contributed by atoms with Crippen molar-refractivity contribution in [2.24, 2.45) is 11.8 Å². The number of carbonyl (C=O) groups excluding carboxylic acids is 2. The third-order valence-corrected chi connectivity index (χ3v) is 6.21. The maximum atomic E-state index is 12.8. The van der Waals surface area contributed by atoms with E-state index < -0.39 is 0 Å². The zero-order valence-electron chi connectivity index (χ0n) is 15.2.